The number of halogens is 1. The molecule has 3 rings (SSSR count). The highest BCUT2D eigenvalue weighted by atomic mass is 19.1. The molecule has 31 heavy (non-hydrogen) atoms. The van der Waals surface area contributed by atoms with Crippen LogP contribution in [0.2, 0.25) is 0 Å². The quantitative estimate of drug-likeness (QED) is 0.563. The van der Waals surface area contributed by atoms with Crippen molar-refractivity contribution in [3.8, 4) is 0 Å². The zero-order valence-corrected chi connectivity index (χ0v) is 17.3. The third-order valence-electron chi connectivity index (χ3n) is 5.32. The van der Waals surface area contributed by atoms with Crippen molar-refractivity contribution >= 4 is 17.5 Å². The van der Waals surface area contributed by atoms with Crippen molar-refractivity contribution in [2.45, 2.75) is 19.9 Å². The highest BCUT2D eigenvalue weighted by molar-refractivity contribution is 5.96. The molecule has 0 unspecified atom stereocenters. The van der Waals surface area contributed by atoms with Crippen LogP contribution in [0.25, 0.3) is 0 Å². The van der Waals surface area contributed by atoms with Gasteiger partial charge in [0.05, 0.1) is 11.5 Å². The maximum atomic E-state index is 13.1. The molecule has 1 heterocycles. The lowest BCUT2D eigenvalue weighted by molar-refractivity contribution is -0.385. The summed E-state index contributed by atoms with van der Waals surface area (Å²) in [5, 5.41) is 13.5. The number of hydrogen-bond donors (Lipinski definition) is 1. The zero-order chi connectivity index (χ0) is 22.4. The molecule has 1 fully saturated rings. The molecule has 0 aliphatic carbocycles. The van der Waals surface area contributed by atoms with Crippen LogP contribution in [0.1, 0.15) is 27.9 Å². The van der Waals surface area contributed by atoms with E-state index in [2.05, 4.69) is 10.2 Å². The van der Waals surface area contributed by atoms with Gasteiger partial charge in [0.25, 0.3) is 11.6 Å². The van der Waals surface area contributed by atoms with Gasteiger partial charge in [0, 0.05) is 49.9 Å². The molecular weight excluding hydrogens is 403 g/mol. The summed E-state index contributed by atoms with van der Waals surface area (Å²) in [6, 6.07) is 10.5. The minimum absolute atomic E-state index is 0.0533. The number of carbonyl (C=O) groups is 2. The minimum Gasteiger partial charge on any atom is -0.343 e. The van der Waals surface area contributed by atoms with Gasteiger partial charge in [0.2, 0.25) is 5.91 Å². The Morgan fingerprint density at radius 1 is 1.10 bits per heavy atom. The van der Waals surface area contributed by atoms with Gasteiger partial charge in [-0.15, -0.1) is 0 Å². The summed E-state index contributed by atoms with van der Waals surface area (Å²) in [4.78, 5) is 39.2. The molecular formula is C22H25FN4O4. The Bertz CT molecular complexity index is 964. The van der Waals surface area contributed by atoms with Crippen LogP contribution in [0.5, 0.6) is 0 Å². The lowest BCUT2D eigenvalue weighted by Gasteiger charge is -2.22. The third-order valence-corrected chi connectivity index (χ3v) is 5.32. The Balaban J connectivity index is 1.49. The highest BCUT2D eigenvalue weighted by Crippen LogP contribution is 2.18. The molecule has 9 heteroatoms. The van der Waals surface area contributed by atoms with Gasteiger partial charge in [0.1, 0.15) is 5.82 Å². The number of benzene rings is 2. The summed E-state index contributed by atoms with van der Waals surface area (Å²) in [7, 11) is 0. The number of nitro benzene ring substituents is 1. The molecule has 2 aromatic rings. The Hall–Kier alpha value is -3.33. The number of hydrogen-bond acceptors (Lipinski definition) is 5. The van der Waals surface area contributed by atoms with Crippen molar-refractivity contribution in [3.63, 3.8) is 0 Å². The van der Waals surface area contributed by atoms with Crippen molar-refractivity contribution in [1.82, 2.24) is 15.1 Å². The van der Waals surface area contributed by atoms with Crippen LogP contribution >= 0.6 is 0 Å². The van der Waals surface area contributed by atoms with Crippen LogP contribution in [-0.2, 0) is 11.3 Å². The number of amides is 2. The lowest BCUT2D eigenvalue weighted by Crippen LogP contribution is -2.42. The van der Waals surface area contributed by atoms with Crippen LogP contribution in [0, 0.1) is 22.9 Å². The van der Waals surface area contributed by atoms with Crippen LogP contribution in [0.15, 0.2) is 42.5 Å². The van der Waals surface area contributed by atoms with E-state index in [0.717, 1.165) is 18.5 Å². The van der Waals surface area contributed by atoms with Crippen molar-refractivity contribution in [2.24, 2.45) is 0 Å². The summed E-state index contributed by atoms with van der Waals surface area (Å²) in [5.41, 5.74) is 1.63. The molecule has 0 saturated carbocycles. The van der Waals surface area contributed by atoms with E-state index in [4.69, 9.17) is 0 Å². The molecule has 1 saturated heterocycles. The fraction of sp³-hybridized carbons (Fsp3) is 0.364. The van der Waals surface area contributed by atoms with E-state index in [9.17, 15) is 24.1 Å². The van der Waals surface area contributed by atoms with E-state index < -0.39 is 10.8 Å². The first-order valence-electron chi connectivity index (χ1n) is 10.1. The van der Waals surface area contributed by atoms with Crippen LogP contribution < -0.4 is 5.32 Å². The maximum absolute atomic E-state index is 13.1. The molecule has 0 radical (unpaired) electrons. The maximum Gasteiger partial charge on any atom is 0.272 e. The first-order valence-corrected chi connectivity index (χ1v) is 10.1. The monoisotopic (exact) mass is 428 g/mol. The van der Waals surface area contributed by atoms with Crippen LogP contribution in [0.3, 0.4) is 0 Å². The van der Waals surface area contributed by atoms with Gasteiger partial charge >= 0.3 is 0 Å². The molecule has 2 aromatic carbocycles. The van der Waals surface area contributed by atoms with Crippen molar-refractivity contribution in [2.75, 3.05) is 32.7 Å². The normalized spacial score (nSPS) is 14.7. The summed E-state index contributed by atoms with van der Waals surface area (Å²) in [5.74, 6) is -0.878. The average molecular weight is 428 g/mol. The van der Waals surface area contributed by atoms with E-state index >= 15 is 0 Å². The van der Waals surface area contributed by atoms with Gasteiger partial charge in [-0.3, -0.25) is 24.6 Å². The Labute approximate surface area is 179 Å². The van der Waals surface area contributed by atoms with Gasteiger partial charge in [0.15, 0.2) is 0 Å². The predicted molar refractivity (Wildman–Crippen MR) is 113 cm³/mol. The fourth-order valence-corrected chi connectivity index (χ4v) is 3.60. The summed E-state index contributed by atoms with van der Waals surface area (Å²) < 4.78 is 13.1. The predicted octanol–water partition coefficient (Wildman–Crippen LogP) is 2.51. The average Bonchev–Trinajstić information content (AvgIpc) is 2.98. The minimum atomic E-state index is -0.501. The SMILES string of the molecule is Cc1cc(C(=O)NCC(=O)N2CCCN(Cc3ccc(F)cc3)CC2)ccc1[N+](=O)[O-]. The van der Waals surface area contributed by atoms with Crippen molar-refractivity contribution in [1.29, 1.82) is 0 Å². The largest absolute Gasteiger partial charge is 0.343 e. The van der Waals surface area contributed by atoms with Gasteiger partial charge in [-0.05, 0) is 43.2 Å². The van der Waals surface area contributed by atoms with E-state index in [1.54, 1.807) is 24.0 Å². The first kappa shape index (κ1) is 22.4. The molecule has 1 aliphatic heterocycles. The number of aryl methyl sites for hydroxylation is 1. The van der Waals surface area contributed by atoms with Crippen molar-refractivity contribution < 1.29 is 18.9 Å². The molecule has 2 amide bonds. The second-order valence-corrected chi connectivity index (χ2v) is 7.58. The summed E-state index contributed by atoms with van der Waals surface area (Å²) in [6.45, 7) is 4.80. The number of carbonyl (C=O) groups excluding carboxylic acids is 2. The third kappa shape index (κ3) is 6.08. The van der Waals surface area contributed by atoms with E-state index in [1.165, 1.54) is 30.3 Å². The topological polar surface area (TPSA) is 95.8 Å². The summed E-state index contributed by atoms with van der Waals surface area (Å²) >= 11 is 0. The Morgan fingerprint density at radius 3 is 2.52 bits per heavy atom. The molecule has 0 bridgehead atoms. The van der Waals surface area contributed by atoms with Gasteiger partial charge < -0.3 is 10.2 Å². The van der Waals surface area contributed by atoms with E-state index in [1.807, 2.05) is 0 Å². The lowest BCUT2D eigenvalue weighted by atomic mass is 10.1. The number of nitrogens with one attached hydrogen (secondary N) is 1. The molecule has 0 atom stereocenters. The highest BCUT2D eigenvalue weighted by Gasteiger charge is 2.20. The molecule has 0 aromatic heterocycles. The molecule has 1 N–H and O–H groups in total. The van der Waals surface area contributed by atoms with Crippen LogP contribution in [0.4, 0.5) is 10.1 Å². The number of nitrogens with zero attached hydrogens (tertiary/aromatic N) is 3. The van der Waals surface area contributed by atoms with Gasteiger partial charge in [-0.25, -0.2) is 4.39 Å². The van der Waals surface area contributed by atoms with Crippen LogP contribution in [-0.4, -0.2) is 59.3 Å². The van der Waals surface area contributed by atoms with E-state index in [-0.39, 0.29) is 29.5 Å². The van der Waals surface area contributed by atoms with Gasteiger partial charge in [-0.1, -0.05) is 12.1 Å². The second-order valence-electron chi connectivity index (χ2n) is 7.58. The van der Waals surface area contributed by atoms with Gasteiger partial charge in [-0.2, -0.15) is 0 Å². The zero-order valence-electron chi connectivity index (χ0n) is 17.3. The first-order chi connectivity index (χ1) is 14.8. The smallest absolute Gasteiger partial charge is 0.272 e. The summed E-state index contributed by atoms with van der Waals surface area (Å²) in [6.07, 6.45) is 0.808. The van der Waals surface area contributed by atoms with Crippen molar-refractivity contribution in [3.05, 3.63) is 75.1 Å². The standard InChI is InChI=1S/C22H25FN4O4/c1-16-13-18(5-8-20(16)27(30)31)22(29)24-14-21(28)26-10-2-9-25(11-12-26)15-17-3-6-19(23)7-4-17/h3-8,13H,2,9-12,14-15H2,1H3,(H,24,29). The fourth-order valence-electron chi connectivity index (χ4n) is 3.60. The Kier molecular flexibility index (Phi) is 7.30. The number of nitro groups is 1. The molecule has 8 nitrogen and oxygen atoms in total. The molecule has 164 valence electrons. The Morgan fingerprint density at radius 2 is 1.84 bits per heavy atom. The second kappa shape index (κ2) is 10.1. The molecule has 1 aliphatic rings. The number of rotatable bonds is 6. The van der Waals surface area contributed by atoms with E-state index in [0.29, 0.717) is 31.7 Å². The molecule has 0 spiro atoms.